The van der Waals surface area contributed by atoms with Gasteiger partial charge in [0.25, 0.3) is 0 Å². The van der Waals surface area contributed by atoms with Crippen LogP contribution < -0.4 is 10.5 Å². The molecule has 0 aliphatic rings. The Balaban J connectivity index is 1.85. The monoisotopic (exact) mass is 245 g/mol. The molecule has 1 heterocycles. The van der Waals surface area contributed by atoms with E-state index >= 15 is 0 Å². The van der Waals surface area contributed by atoms with Gasteiger partial charge in [0, 0.05) is 18.4 Å². The maximum Gasteiger partial charge on any atom is 0.119 e. The van der Waals surface area contributed by atoms with E-state index in [1.807, 2.05) is 42.1 Å². The molecule has 0 aliphatic carbocycles. The molecule has 96 valence electrons. The van der Waals surface area contributed by atoms with Crippen LogP contribution in [0.3, 0.4) is 0 Å². The van der Waals surface area contributed by atoms with Crippen LogP contribution in [0.25, 0.3) is 0 Å². The fourth-order valence-corrected chi connectivity index (χ4v) is 1.82. The second-order valence-electron chi connectivity index (χ2n) is 4.45. The van der Waals surface area contributed by atoms with E-state index in [9.17, 15) is 0 Å². The molecule has 0 saturated heterocycles. The third-order valence-electron chi connectivity index (χ3n) is 2.60. The number of benzene rings is 1. The van der Waals surface area contributed by atoms with Gasteiger partial charge in [-0.2, -0.15) is 5.10 Å². The van der Waals surface area contributed by atoms with E-state index in [-0.39, 0.29) is 6.04 Å². The van der Waals surface area contributed by atoms with Crippen molar-refractivity contribution in [2.75, 3.05) is 6.61 Å². The van der Waals surface area contributed by atoms with Crippen molar-refractivity contribution in [2.24, 2.45) is 5.73 Å². The van der Waals surface area contributed by atoms with Crippen molar-refractivity contribution in [1.29, 1.82) is 0 Å². The average molecular weight is 245 g/mol. The van der Waals surface area contributed by atoms with Crippen LogP contribution in [0.15, 0.2) is 42.7 Å². The summed E-state index contributed by atoms with van der Waals surface area (Å²) in [5.74, 6) is 0.889. The van der Waals surface area contributed by atoms with E-state index in [0.717, 1.165) is 18.7 Å². The summed E-state index contributed by atoms with van der Waals surface area (Å²) >= 11 is 0. The van der Waals surface area contributed by atoms with E-state index in [2.05, 4.69) is 11.2 Å². The predicted molar refractivity (Wildman–Crippen MR) is 71.5 cm³/mol. The maximum atomic E-state index is 5.79. The molecular formula is C14H19N3O. The van der Waals surface area contributed by atoms with Crippen LogP contribution in [0.4, 0.5) is 0 Å². The normalized spacial score (nSPS) is 12.3. The lowest BCUT2D eigenvalue weighted by molar-refractivity contribution is 0.291. The van der Waals surface area contributed by atoms with Crippen LogP contribution in [-0.2, 0) is 13.0 Å². The summed E-state index contributed by atoms with van der Waals surface area (Å²) in [5, 5.41) is 4.12. The van der Waals surface area contributed by atoms with E-state index in [1.165, 1.54) is 5.56 Å². The highest BCUT2D eigenvalue weighted by atomic mass is 16.5. The molecule has 2 N–H and O–H groups in total. The van der Waals surface area contributed by atoms with Crippen molar-refractivity contribution in [1.82, 2.24) is 9.78 Å². The second-order valence-corrected chi connectivity index (χ2v) is 4.45. The summed E-state index contributed by atoms with van der Waals surface area (Å²) in [4.78, 5) is 0. The Labute approximate surface area is 107 Å². The number of ether oxygens (including phenoxy) is 1. The Bertz CT molecular complexity index is 466. The highest BCUT2D eigenvalue weighted by Crippen LogP contribution is 2.14. The van der Waals surface area contributed by atoms with Gasteiger partial charge in [-0.05, 0) is 37.1 Å². The molecule has 0 bridgehead atoms. The van der Waals surface area contributed by atoms with Crippen LogP contribution >= 0.6 is 0 Å². The summed E-state index contributed by atoms with van der Waals surface area (Å²) < 4.78 is 7.55. The van der Waals surface area contributed by atoms with Gasteiger partial charge in [-0.25, -0.2) is 0 Å². The highest BCUT2D eigenvalue weighted by molar-refractivity contribution is 5.28. The molecule has 4 heteroatoms. The number of nitrogens with two attached hydrogens (primary N) is 1. The molecule has 0 amide bonds. The Kier molecular flexibility index (Phi) is 4.36. The topological polar surface area (TPSA) is 53.1 Å². The molecule has 1 unspecified atom stereocenters. The largest absolute Gasteiger partial charge is 0.492 e. The van der Waals surface area contributed by atoms with Crippen molar-refractivity contribution in [2.45, 2.75) is 25.9 Å². The first-order chi connectivity index (χ1) is 8.74. The first-order valence-corrected chi connectivity index (χ1v) is 6.19. The molecule has 0 aliphatic heterocycles. The van der Waals surface area contributed by atoms with Gasteiger partial charge >= 0.3 is 0 Å². The Hall–Kier alpha value is -1.81. The molecule has 0 saturated carbocycles. The molecule has 4 nitrogen and oxygen atoms in total. The molecular weight excluding hydrogens is 226 g/mol. The van der Waals surface area contributed by atoms with Crippen LogP contribution in [0.5, 0.6) is 5.75 Å². The van der Waals surface area contributed by atoms with E-state index in [4.69, 9.17) is 10.5 Å². The van der Waals surface area contributed by atoms with Crippen LogP contribution in [0, 0.1) is 0 Å². The third kappa shape index (κ3) is 3.89. The van der Waals surface area contributed by atoms with E-state index < -0.39 is 0 Å². The first kappa shape index (κ1) is 12.6. The average Bonchev–Trinajstić information content (AvgIpc) is 2.82. The van der Waals surface area contributed by atoms with E-state index in [0.29, 0.717) is 6.61 Å². The predicted octanol–water partition coefficient (Wildman–Crippen LogP) is 1.85. The molecule has 2 rings (SSSR count). The fourth-order valence-electron chi connectivity index (χ4n) is 1.82. The van der Waals surface area contributed by atoms with Gasteiger partial charge in [0.05, 0.1) is 6.54 Å². The Morgan fingerprint density at radius 2 is 2.28 bits per heavy atom. The standard InChI is InChI=1S/C14H19N3O/c1-12(15)10-13-4-2-5-14(11-13)18-9-8-17-7-3-6-16-17/h2-7,11-12H,8-10,15H2,1H3. The van der Waals surface area contributed by atoms with Gasteiger partial charge in [0.2, 0.25) is 0 Å². The molecule has 0 spiro atoms. The summed E-state index contributed by atoms with van der Waals surface area (Å²) in [6.07, 6.45) is 4.56. The molecule has 1 aromatic carbocycles. The third-order valence-corrected chi connectivity index (χ3v) is 2.60. The minimum Gasteiger partial charge on any atom is -0.492 e. The Morgan fingerprint density at radius 1 is 1.39 bits per heavy atom. The molecule has 2 aromatic rings. The second kappa shape index (κ2) is 6.21. The maximum absolute atomic E-state index is 5.79. The van der Waals surface area contributed by atoms with Crippen LogP contribution in [0.1, 0.15) is 12.5 Å². The first-order valence-electron chi connectivity index (χ1n) is 6.19. The molecule has 1 aromatic heterocycles. The van der Waals surface area contributed by atoms with Crippen molar-refractivity contribution in [3.8, 4) is 5.75 Å². The fraction of sp³-hybridized carbons (Fsp3) is 0.357. The minimum absolute atomic E-state index is 0.171. The zero-order valence-electron chi connectivity index (χ0n) is 10.6. The zero-order valence-corrected chi connectivity index (χ0v) is 10.6. The van der Waals surface area contributed by atoms with Crippen LogP contribution in [-0.4, -0.2) is 22.4 Å². The van der Waals surface area contributed by atoms with Crippen molar-refractivity contribution >= 4 is 0 Å². The minimum atomic E-state index is 0.171. The van der Waals surface area contributed by atoms with Crippen LogP contribution in [0.2, 0.25) is 0 Å². The van der Waals surface area contributed by atoms with Crippen molar-refractivity contribution in [3.05, 3.63) is 48.3 Å². The van der Waals surface area contributed by atoms with Crippen molar-refractivity contribution in [3.63, 3.8) is 0 Å². The quantitative estimate of drug-likeness (QED) is 0.845. The molecule has 0 radical (unpaired) electrons. The lowest BCUT2D eigenvalue weighted by Crippen LogP contribution is -2.17. The van der Waals surface area contributed by atoms with Gasteiger partial charge in [-0.3, -0.25) is 4.68 Å². The summed E-state index contributed by atoms with van der Waals surface area (Å²) in [5.41, 5.74) is 7.00. The lowest BCUT2D eigenvalue weighted by Gasteiger charge is -2.09. The zero-order chi connectivity index (χ0) is 12.8. The Morgan fingerprint density at radius 3 is 3.00 bits per heavy atom. The van der Waals surface area contributed by atoms with Gasteiger partial charge in [0.15, 0.2) is 0 Å². The lowest BCUT2D eigenvalue weighted by atomic mass is 10.1. The van der Waals surface area contributed by atoms with Gasteiger partial charge in [0.1, 0.15) is 12.4 Å². The number of aromatic nitrogens is 2. The summed E-state index contributed by atoms with van der Waals surface area (Å²) in [6, 6.07) is 10.2. The summed E-state index contributed by atoms with van der Waals surface area (Å²) in [6.45, 7) is 3.37. The summed E-state index contributed by atoms with van der Waals surface area (Å²) in [7, 11) is 0. The van der Waals surface area contributed by atoms with E-state index in [1.54, 1.807) is 6.20 Å². The number of hydrogen-bond acceptors (Lipinski definition) is 3. The van der Waals surface area contributed by atoms with Gasteiger partial charge in [-0.15, -0.1) is 0 Å². The SMILES string of the molecule is CC(N)Cc1cccc(OCCn2cccn2)c1. The van der Waals surface area contributed by atoms with Gasteiger partial charge in [-0.1, -0.05) is 12.1 Å². The van der Waals surface area contributed by atoms with Crippen molar-refractivity contribution < 1.29 is 4.74 Å². The molecule has 18 heavy (non-hydrogen) atoms. The number of hydrogen-bond donors (Lipinski definition) is 1. The number of rotatable bonds is 6. The molecule has 1 atom stereocenters. The highest BCUT2D eigenvalue weighted by Gasteiger charge is 2.00. The molecule has 0 fully saturated rings. The smallest absolute Gasteiger partial charge is 0.119 e. The van der Waals surface area contributed by atoms with Gasteiger partial charge < -0.3 is 10.5 Å². The number of nitrogens with zero attached hydrogens (tertiary/aromatic N) is 2.